The highest BCUT2D eigenvalue weighted by Gasteiger charge is 2.07. The van der Waals surface area contributed by atoms with E-state index in [1.54, 1.807) is 24.4 Å². The van der Waals surface area contributed by atoms with E-state index >= 15 is 0 Å². The molecule has 2 heterocycles. The molecule has 1 amide bonds. The third kappa shape index (κ3) is 4.19. The first-order chi connectivity index (χ1) is 12.1. The van der Waals surface area contributed by atoms with E-state index in [2.05, 4.69) is 15.3 Å². The Morgan fingerprint density at radius 3 is 2.80 bits per heavy atom. The number of carbonyl (C=O) groups is 1. The Morgan fingerprint density at radius 1 is 1.20 bits per heavy atom. The lowest BCUT2D eigenvalue weighted by Crippen LogP contribution is -2.29. The molecule has 0 fully saturated rings. The summed E-state index contributed by atoms with van der Waals surface area (Å²) in [5, 5.41) is 3.40. The van der Waals surface area contributed by atoms with Gasteiger partial charge >= 0.3 is 0 Å². The molecule has 0 saturated carbocycles. The largest absolute Gasteiger partial charge is 0.356 e. The molecule has 0 radical (unpaired) electrons. The molecule has 6 nitrogen and oxygen atoms in total. The van der Waals surface area contributed by atoms with E-state index in [1.807, 2.05) is 24.3 Å². The van der Waals surface area contributed by atoms with Crippen molar-refractivity contribution >= 4 is 29.0 Å². The number of hydrogen-bond donors (Lipinski definition) is 2. The topological polar surface area (TPSA) is 79.8 Å². The molecule has 2 N–H and O–H groups in total. The Morgan fingerprint density at radius 2 is 2.00 bits per heavy atom. The van der Waals surface area contributed by atoms with E-state index in [-0.39, 0.29) is 24.4 Å². The Hall–Kier alpha value is -2.80. The summed E-state index contributed by atoms with van der Waals surface area (Å²) in [4.78, 5) is 31.7. The van der Waals surface area contributed by atoms with Crippen molar-refractivity contribution in [1.82, 2.24) is 19.9 Å². The quantitative estimate of drug-likeness (QED) is 0.665. The molecule has 128 valence electrons. The zero-order valence-electron chi connectivity index (χ0n) is 13.6. The highest BCUT2D eigenvalue weighted by atomic mass is 32.1. The first-order valence-electron chi connectivity index (χ1n) is 8.03. The predicted octanol–water partition coefficient (Wildman–Crippen LogP) is 2.20. The number of H-pyrrole nitrogens is 1. The van der Waals surface area contributed by atoms with Gasteiger partial charge in [-0.15, -0.1) is 0 Å². The van der Waals surface area contributed by atoms with Crippen LogP contribution in [0.25, 0.3) is 10.9 Å². The first-order valence-corrected chi connectivity index (χ1v) is 8.44. The number of benzene rings is 1. The standard InChI is InChI=1S/C18H18N4O2S/c23-16(20-11-8-13-5-3-4-10-19-13)9-12-22-17(24)14-6-1-2-7-15(14)21-18(22)25/h1-7,10H,8-9,11-12H2,(H,20,23)(H,21,25). The fourth-order valence-electron chi connectivity index (χ4n) is 2.58. The van der Waals surface area contributed by atoms with Crippen LogP contribution in [0.3, 0.4) is 0 Å². The van der Waals surface area contributed by atoms with Crippen molar-refractivity contribution in [2.45, 2.75) is 19.4 Å². The molecular formula is C18H18N4O2S. The second-order valence-electron chi connectivity index (χ2n) is 5.60. The van der Waals surface area contributed by atoms with Crippen molar-refractivity contribution in [2.75, 3.05) is 6.54 Å². The van der Waals surface area contributed by atoms with Crippen LogP contribution in [0, 0.1) is 4.77 Å². The fourth-order valence-corrected chi connectivity index (χ4v) is 2.86. The van der Waals surface area contributed by atoms with Crippen molar-refractivity contribution in [3.05, 3.63) is 69.5 Å². The predicted molar refractivity (Wildman–Crippen MR) is 99.0 cm³/mol. The second-order valence-corrected chi connectivity index (χ2v) is 5.99. The summed E-state index contributed by atoms with van der Waals surface area (Å²) < 4.78 is 1.75. The molecule has 0 atom stereocenters. The number of carbonyl (C=O) groups excluding carboxylic acids is 1. The minimum absolute atomic E-state index is 0.120. The molecule has 1 aromatic carbocycles. The van der Waals surface area contributed by atoms with E-state index in [9.17, 15) is 9.59 Å². The summed E-state index contributed by atoms with van der Waals surface area (Å²) in [5.41, 5.74) is 1.45. The molecule has 0 aliphatic heterocycles. The molecule has 3 rings (SSSR count). The molecule has 0 saturated heterocycles. The van der Waals surface area contributed by atoms with Crippen LogP contribution >= 0.6 is 12.2 Å². The van der Waals surface area contributed by atoms with Crippen LogP contribution in [0.4, 0.5) is 0 Å². The number of nitrogens with zero attached hydrogens (tertiary/aromatic N) is 2. The van der Waals surface area contributed by atoms with Gasteiger partial charge in [0.25, 0.3) is 5.56 Å². The van der Waals surface area contributed by atoms with Gasteiger partial charge in [-0.05, 0) is 36.5 Å². The number of fused-ring (bicyclic) bond motifs is 1. The normalized spacial score (nSPS) is 10.7. The molecule has 0 bridgehead atoms. The van der Waals surface area contributed by atoms with Crippen LogP contribution in [-0.4, -0.2) is 27.0 Å². The molecule has 0 aliphatic rings. The van der Waals surface area contributed by atoms with Gasteiger partial charge in [0.2, 0.25) is 5.91 Å². The van der Waals surface area contributed by atoms with Crippen LogP contribution < -0.4 is 10.9 Å². The van der Waals surface area contributed by atoms with Crippen molar-refractivity contribution in [2.24, 2.45) is 0 Å². The number of aromatic nitrogens is 3. The van der Waals surface area contributed by atoms with E-state index in [4.69, 9.17) is 12.2 Å². The van der Waals surface area contributed by atoms with Gasteiger partial charge in [0.1, 0.15) is 0 Å². The zero-order valence-corrected chi connectivity index (χ0v) is 14.4. The molecule has 0 unspecified atom stereocenters. The summed E-state index contributed by atoms with van der Waals surface area (Å²) in [6.07, 6.45) is 2.59. The average molecular weight is 354 g/mol. The number of rotatable bonds is 6. The van der Waals surface area contributed by atoms with Gasteiger partial charge in [0.05, 0.1) is 10.9 Å². The van der Waals surface area contributed by atoms with Gasteiger partial charge in [-0.25, -0.2) is 0 Å². The van der Waals surface area contributed by atoms with E-state index < -0.39 is 0 Å². The lowest BCUT2D eigenvalue weighted by Gasteiger charge is -2.08. The van der Waals surface area contributed by atoms with Crippen molar-refractivity contribution in [1.29, 1.82) is 0 Å². The summed E-state index contributed by atoms with van der Waals surface area (Å²) in [7, 11) is 0. The summed E-state index contributed by atoms with van der Waals surface area (Å²) in [5.74, 6) is -0.120. The summed E-state index contributed by atoms with van der Waals surface area (Å²) in [6.45, 7) is 0.754. The number of nitrogens with one attached hydrogen (secondary N) is 2. The average Bonchev–Trinajstić information content (AvgIpc) is 2.62. The van der Waals surface area contributed by atoms with Gasteiger partial charge < -0.3 is 10.3 Å². The molecule has 0 aliphatic carbocycles. The van der Waals surface area contributed by atoms with Gasteiger partial charge in [-0.2, -0.15) is 0 Å². The first kappa shape index (κ1) is 17.0. The number of amides is 1. The van der Waals surface area contributed by atoms with Crippen LogP contribution in [-0.2, 0) is 17.8 Å². The summed E-state index contributed by atoms with van der Waals surface area (Å²) in [6, 6.07) is 12.9. The van der Waals surface area contributed by atoms with Gasteiger partial charge in [-0.1, -0.05) is 18.2 Å². The highest BCUT2D eigenvalue weighted by molar-refractivity contribution is 7.71. The van der Waals surface area contributed by atoms with Gasteiger partial charge in [-0.3, -0.25) is 19.1 Å². The number of pyridine rings is 1. The van der Waals surface area contributed by atoms with Crippen LogP contribution in [0.2, 0.25) is 0 Å². The second kappa shape index (κ2) is 7.85. The number of aromatic amines is 1. The molecule has 3 aromatic rings. The maximum Gasteiger partial charge on any atom is 0.262 e. The Balaban J connectivity index is 1.60. The molecule has 25 heavy (non-hydrogen) atoms. The molecular weight excluding hydrogens is 336 g/mol. The fraction of sp³-hybridized carbons (Fsp3) is 0.222. The SMILES string of the molecule is O=C(CCn1c(=S)[nH]c2ccccc2c1=O)NCCc1ccccn1. The minimum atomic E-state index is -0.180. The maximum absolute atomic E-state index is 12.5. The maximum atomic E-state index is 12.5. The summed E-state index contributed by atoms with van der Waals surface area (Å²) >= 11 is 5.24. The Kier molecular flexibility index (Phi) is 5.35. The molecule has 7 heteroatoms. The van der Waals surface area contributed by atoms with Crippen LogP contribution in [0.15, 0.2) is 53.5 Å². The zero-order chi connectivity index (χ0) is 17.6. The van der Waals surface area contributed by atoms with Crippen molar-refractivity contribution < 1.29 is 4.79 Å². The third-order valence-corrected chi connectivity index (χ3v) is 4.20. The van der Waals surface area contributed by atoms with Crippen molar-refractivity contribution in [3.8, 4) is 0 Å². The highest BCUT2D eigenvalue weighted by Crippen LogP contribution is 2.06. The van der Waals surface area contributed by atoms with Gasteiger partial charge in [0.15, 0.2) is 4.77 Å². The Bertz CT molecular complexity index is 995. The smallest absolute Gasteiger partial charge is 0.262 e. The molecule has 0 spiro atoms. The Labute approximate surface area is 149 Å². The third-order valence-electron chi connectivity index (χ3n) is 3.88. The van der Waals surface area contributed by atoms with Crippen LogP contribution in [0.5, 0.6) is 0 Å². The van der Waals surface area contributed by atoms with E-state index in [0.717, 1.165) is 5.69 Å². The van der Waals surface area contributed by atoms with Gasteiger partial charge in [0, 0.05) is 37.8 Å². The van der Waals surface area contributed by atoms with Crippen LogP contribution in [0.1, 0.15) is 12.1 Å². The minimum Gasteiger partial charge on any atom is -0.356 e. The van der Waals surface area contributed by atoms with E-state index in [1.165, 1.54) is 4.57 Å². The lowest BCUT2D eigenvalue weighted by molar-refractivity contribution is -0.121. The number of para-hydroxylation sites is 1. The lowest BCUT2D eigenvalue weighted by atomic mass is 10.2. The monoisotopic (exact) mass is 354 g/mol. The number of hydrogen-bond acceptors (Lipinski definition) is 4. The van der Waals surface area contributed by atoms with Crippen molar-refractivity contribution in [3.63, 3.8) is 0 Å². The molecule has 2 aromatic heterocycles. The van der Waals surface area contributed by atoms with E-state index in [0.29, 0.717) is 28.6 Å².